The molecule has 0 spiro atoms. The van der Waals surface area contributed by atoms with Gasteiger partial charge in [-0.15, -0.1) is 0 Å². The van der Waals surface area contributed by atoms with Crippen LogP contribution in [-0.2, 0) is 4.79 Å². The average Bonchev–Trinajstić information content (AvgIpc) is 2.56. The minimum absolute atomic E-state index is 0.00705. The minimum atomic E-state index is -1.63. The topological polar surface area (TPSA) is 58.2 Å². The van der Waals surface area contributed by atoms with E-state index in [1.165, 1.54) is 6.92 Å². The third kappa shape index (κ3) is 4.34. The largest absolute Gasteiger partial charge is 0.385 e. The second kappa shape index (κ2) is 7.63. The molecule has 126 valence electrons. The smallest absolute Gasteiger partial charge is 0.226 e. The summed E-state index contributed by atoms with van der Waals surface area (Å²) in [5.74, 6) is -4.98. The van der Waals surface area contributed by atoms with Crippen molar-refractivity contribution < 1.29 is 22.8 Å². The SMILES string of the molecule is CC(=O)c1ccc(NCCC(=O)Nc2ccc(F)c(F)c2F)cc1. The Balaban J connectivity index is 1.85. The molecule has 0 atom stereocenters. The van der Waals surface area contributed by atoms with Gasteiger partial charge < -0.3 is 10.6 Å². The van der Waals surface area contributed by atoms with Crippen molar-refractivity contribution in [3.63, 3.8) is 0 Å². The van der Waals surface area contributed by atoms with E-state index in [1.807, 2.05) is 0 Å². The fourth-order valence-corrected chi connectivity index (χ4v) is 1.98. The van der Waals surface area contributed by atoms with Crippen molar-refractivity contribution in [3.8, 4) is 0 Å². The number of nitrogens with one attached hydrogen (secondary N) is 2. The van der Waals surface area contributed by atoms with E-state index in [-0.39, 0.29) is 18.7 Å². The molecular weight excluding hydrogens is 321 g/mol. The van der Waals surface area contributed by atoms with E-state index in [4.69, 9.17) is 0 Å². The summed E-state index contributed by atoms with van der Waals surface area (Å²) in [4.78, 5) is 22.9. The molecule has 0 aromatic heterocycles. The zero-order chi connectivity index (χ0) is 17.7. The first-order chi connectivity index (χ1) is 11.4. The van der Waals surface area contributed by atoms with Gasteiger partial charge in [0.2, 0.25) is 5.91 Å². The summed E-state index contributed by atoms with van der Waals surface area (Å²) in [6, 6.07) is 8.40. The van der Waals surface area contributed by atoms with Crippen molar-refractivity contribution in [1.82, 2.24) is 0 Å². The van der Waals surface area contributed by atoms with Crippen molar-refractivity contribution in [2.45, 2.75) is 13.3 Å². The van der Waals surface area contributed by atoms with Gasteiger partial charge in [0.1, 0.15) is 0 Å². The first kappa shape index (κ1) is 17.5. The normalized spacial score (nSPS) is 10.3. The van der Waals surface area contributed by atoms with E-state index >= 15 is 0 Å². The van der Waals surface area contributed by atoms with Gasteiger partial charge in [0, 0.05) is 24.2 Å². The number of ketones is 1. The van der Waals surface area contributed by atoms with E-state index in [9.17, 15) is 22.8 Å². The van der Waals surface area contributed by atoms with Crippen molar-refractivity contribution in [2.24, 2.45) is 0 Å². The molecule has 0 aliphatic rings. The van der Waals surface area contributed by atoms with E-state index in [1.54, 1.807) is 24.3 Å². The molecule has 24 heavy (non-hydrogen) atoms. The second-order valence-corrected chi connectivity index (χ2v) is 5.08. The maximum atomic E-state index is 13.4. The summed E-state index contributed by atoms with van der Waals surface area (Å²) in [5, 5.41) is 5.15. The number of Topliss-reactive ketones (excluding diaryl/α,β-unsaturated/α-hetero) is 1. The number of halogens is 3. The average molecular weight is 336 g/mol. The van der Waals surface area contributed by atoms with Gasteiger partial charge in [0.25, 0.3) is 0 Å². The van der Waals surface area contributed by atoms with Crippen LogP contribution in [-0.4, -0.2) is 18.2 Å². The Morgan fingerprint density at radius 2 is 1.62 bits per heavy atom. The molecule has 0 bridgehead atoms. The fourth-order valence-electron chi connectivity index (χ4n) is 1.98. The van der Waals surface area contributed by atoms with Crippen molar-refractivity contribution >= 4 is 23.1 Å². The van der Waals surface area contributed by atoms with Crippen LogP contribution in [0.5, 0.6) is 0 Å². The molecule has 1 amide bonds. The number of rotatable bonds is 6. The lowest BCUT2D eigenvalue weighted by atomic mass is 10.1. The number of benzene rings is 2. The van der Waals surface area contributed by atoms with Gasteiger partial charge >= 0.3 is 0 Å². The molecule has 4 nitrogen and oxygen atoms in total. The molecule has 7 heteroatoms. The number of carbonyl (C=O) groups is 2. The quantitative estimate of drug-likeness (QED) is 0.624. The Hall–Kier alpha value is -2.83. The Kier molecular flexibility index (Phi) is 5.57. The molecule has 0 aliphatic heterocycles. The first-order valence-electron chi connectivity index (χ1n) is 7.16. The van der Waals surface area contributed by atoms with Gasteiger partial charge in [-0.3, -0.25) is 9.59 Å². The van der Waals surface area contributed by atoms with E-state index in [0.717, 1.165) is 12.1 Å². The van der Waals surface area contributed by atoms with Gasteiger partial charge in [-0.1, -0.05) is 0 Å². The summed E-state index contributed by atoms with van der Waals surface area (Å²) >= 11 is 0. The maximum Gasteiger partial charge on any atom is 0.226 e. The highest BCUT2D eigenvalue weighted by atomic mass is 19.2. The second-order valence-electron chi connectivity index (χ2n) is 5.08. The molecular formula is C17H15F3N2O2. The van der Waals surface area contributed by atoms with Gasteiger partial charge in [-0.2, -0.15) is 0 Å². The Morgan fingerprint density at radius 3 is 2.25 bits per heavy atom. The molecule has 0 heterocycles. The highest BCUT2D eigenvalue weighted by Crippen LogP contribution is 2.19. The molecule has 0 fully saturated rings. The third-order valence-electron chi connectivity index (χ3n) is 3.28. The number of hydrogen-bond donors (Lipinski definition) is 2. The van der Waals surface area contributed by atoms with Crippen molar-refractivity contribution in [2.75, 3.05) is 17.2 Å². The minimum Gasteiger partial charge on any atom is -0.385 e. The van der Waals surface area contributed by atoms with Gasteiger partial charge in [0.05, 0.1) is 5.69 Å². The predicted molar refractivity (Wildman–Crippen MR) is 84.5 cm³/mol. The van der Waals surface area contributed by atoms with Crippen LogP contribution in [0.25, 0.3) is 0 Å². The van der Waals surface area contributed by atoms with Crippen LogP contribution in [0.1, 0.15) is 23.7 Å². The summed E-state index contributed by atoms with van der Waals surface area (Å²) in [7, 11) is 0. The fraction of sp³-hybridized carbons (Fsp3) is 0.176. The molecule has 2 rings (SSSR count). The zero-order valence-corrected chi connectivity index (χ0v) is 12.8. The van der Waals surface area contributed by atoms with Gasteiger partial charge in [0.15, 0.2) is 23.2 Å². The molecule has 0 unspecified atom stereocenters. The van der Waals surface area contributed by atoms with Crippen LogP contribution < -0.4 is 10.6 Å². The van der Waals surface area contributed by atoms with Crippen LogP contribution in [0, 0.1) is 17.5 Å². The molecule has 0 saturated heterocycles. The summed E-state index contributed by atoms with van der Waals surface area (Å²) in [6.07, 6.45) is -0.00705. The Morgan fingerprint density at radius 1 is 0.958 bits per heavy atom. The summed E-state index contributed by atoms with van der Waals surface area (Å²) < 4.78 is 39.3. The maximum absolute atomic E-state index is 13.4. The molecule has 2 aromatic carbocycles. The van der Waals surface area contributed by atoms with Crippen LogP contribution in [0.4, 0.5) is 24.5 Å². The standard InChI is InChI=1S/C17H15F3N2O2/c1-10(23)11-2-4-12(5-3-11)21-9-8-15(24)22-14-7-6-13(18)16(19)17(14)20/h2-7,21H,8-9H2,1H3,(H,22,24). The van der Waals surface area contributed by atoms with Crippen molar-refractivity contribution in [1.29, 1.82) is 0 Å². The van der Waals surface area contributed by atoms with Crippen LogP contribution in [0.15, 0.2) is 36.4 Å². The molecule has 0 radical (unpaired) electrons. The molecule has 2 N–H and O–H groups in total. The summed E-state index contributed by atoms with van der Waals surface area (Å²) in [5.41, 5.74) is 0.878. The van der Waals surface area contributed by atoms with E-state index < -0.39 is 29.0 Å². The highest BCUT2D eigenvalue weighted by Gasteiger charge is 2.14. The predicted octanol–water partition coefficient (Wildman–Crippen LogP) is 3.75. The van der Waals surface area contributed by atoms with Gasteiger partial charge in [-0.25, -0.2) is 13.2 Å². The number of hydrogen-bond acceptors (Lipinski definition) is 3. The highest BCUT2D eigenvalue weighted by molar-refractivity contribution is 5.94. The third-order valence-corrected chi connectivity index (χ3v) is 3.28. The Labute approximate surface area is 136 Å². The monoisotopic (exact) mass is 336 g/mol. The van der Waals surface area contributed by atoms with Crippen molar-refractivity contribution in [3.05, 3.63) is 59.4 Å². The van der Waals surface area contributed by atoms with Gasteiger partial charge in [-0.05, 0) is 43.3 Å². The van der Waals surface area contributed by atoms with E-state index in [0.29, 0.717) is 11.3 Å². The lowest BCUT2D eigenvalue weighted by Gasteiger charge is -2.09. The number of carbonyl (C=O) groups excluding carboxylic acids is 2. The lowest BCUT2D eigenvalue weighted by molar-refractivity contribution is -0.116. The number of anilines is 2. The first-order valence-corrected chi connectivity index (χ1v) is 7.16. The van der Waals surface area contributed by atoms with Crippen LogP contribution >= 0.6 is 0 Å². The molecule has 2 aromatic rings. The molecule has 0 aliphatic carbocycles. The molecule has 0 saturated carbocycles. The Bertz CT molecular complexity index is 761. The lowest BCUT2D eigenvalue weighted by Crippen LogP contribution is -2.17. The van der Waals surface area contributed by atoms with E-state index in [2.05, 4.69) is 10.6 Å². The van der Waals surface area contributed by atoms with Crippen LogP contribution in [0.2, 0.25) is 0 Å². The number of amides is 1. The zero-order valence-electron chi connectivity index (χ0n) is 12.8. The summed E-state index contributed by atoms with van der Waals surface area (Å²) in [6.45, 7) is 1.71. The van der Waals surface area contributed by atoms with Crippen LogP contribution in [0.3, 0.4) is 0 Å².